The number of carbonyl (C=O) groups is 3. The summed E-state index contributed by atoms with van der Waals surface area (Å²) in [4.78, 5) is 39.0. The zero-order valence-corrected chi connectivity index (χ0v) is 17.4. The van der Waals surface area contributed by atoms with Crippen molar-refractivity contribution in [3.63, 3.8) is 0 Å². The molecule has 6 nitrogen and oxygen atoms in total. The molecular weight excluding hydrogens is 390 g/mol. The van der Waals surface area contributed by atoms with E-state index < -0.39 is 23.4 Å². The number of rotatable bonds is 6. The summed E-state index contributed by atoms with van der Waals surface area (Å²) in [5, 5.41) is 6.18. The van der Waals surface area contributed by atoms with Crippen molar-refractivity contribution in [1.82, 2.24) is 15.5 Å². The van der Waals surface area contributed by atoms with Crippen LogP contribution in [0, 0.1) is 6.92 Å². The van der Waals surface area contributed by atoms with E-state index in [-0.39, 0.29) is 12.6 Å². The third kappa shape index (κ3) is 4.27. The Labute approximate surface area is 175 Å². The van der Waals surface area contributed by atoms with Crippen LogP contribution in [0.25, 0.3) is 0 Å². The third-order valence-corrected chi connectivity index (χ3v) is 5.44. The summed E-state index contributed by atoms with van der Waals surface area (Å²) in [6, 6.07) is 13.8. The smallest absolute Gasteiger partial charge is 0.325 e. The Bertz CT molecular complexity index is 945. The van der Waals surface area contributed by atoms with E-state index in [9.17, 15) is 14.4 Å². The predicted molar refractivity (Wildman–Crippen MR) is 111 cm³/mol. The molecule has 0 aliphatic carbocycles. The summed E-state index contributed by atoms with van der Waals surface area (Å²) in [6.07, 6.45) is 0.646. The Morgan fingerprint density at radius 1 is 1.21 bits per heavy atom. The first-order valence-electron chi connectivity index (χ1n) is 9.50. The van der Waals surface area contributed by atoms with E-state index in [2.05, 4.69) is 10.6 Å². The van der Waals surface area contributed by atoms with Crippen LogP contribution >= 0.6 is 11.6 Å². The van der Waals surface area contributed by atoms with Crippen LogP contribution in [0.15, 0.2) is 48.5 Å². The number of aryl methyl sites for hydroxylation is 1. The van der Waals surface area contributed by atoms with Crippen LogP contribution in [0.2, 0.25) is 5.02 Å². The van der Waals surface area contributed by atoms with E-state index >= 15 is 0 Å². The van der Waals surface area contributed by atoms with E-state index in [1.807, 2.05) is 50.2 Å². The van der Waals surface area contributed by atoms with Crippen molar-refractivity contribution in [2.24, 2.45) is 0 Å². The van der Waals surface area contributed by atoms with Gasteiger partial charge in [-0.2, -0.15) is 0 Å². The molecule has 3 rings (SSSR count). The summed E-state index contributed by atoms with van der Waals surface area (Å²) in [7, 11) is 0. The predicted octanol–water partition coefficient (Wildman–Crippen LogP) is 3.68. The third-order valence-electron chi connectivity index (χ3n) is 5.20. The van der Waals surface area contributed by atoms with Crippen LogP contribution in [-0.2, 0) is 15.1 Å². The second-order valence-electron chi connectivity index (χ2n) is 7.40. The fraction of sp³-hybridized carbons (Fsp3) is 0.318. The first kappa shape index (κ1) is 20.9. The van der Waals surface area contributed by atoms with Crippen LogP contribution < -0.4 is 10.6 Å². The van der Waals surface area contributed by atoms with E-state index in [1.165, 1.54) is 0 Å². The zero-order valence-electron chi connectivity index (χ0n) is 16.7. The largest absolute Gasteiger partial charge is 0.348 e. The fourth-order valence-corrected chi connectivity index (χ4v) is 3.65. The first-order chi connectivity index (χ1) is 13.7. The molecule has 0 saturated carbocycles. The maximum absolute atomic E-state index is 13.0. The normalized spacial score (nSPS) is 19.8. The minimum atomic E-state index is -1.19. The molecule has 4 amide bonds. The van der Waals surface area contributed by atoms with Gasteiger partial charge in [0, 0.05) is 5.02 Å². The summed E-state index contributed by atoms with van der Waals surface area (Å²) >= 11 is 6.04. The van der Waals surface area contributed by atoms with E-state index in [1.54, 1.807) is 19.1 Å². The average Bonchev–Trinajstić information content (AvgIpc) is 2.90. The van der Waals surface area contributed by atoms with Gasteiger partial charge in [-0.3, -0.25) is 14.5 Å². The maximum Gasteiger partial charge on any atom is 0.325 e. The van der Waals surface area contributed by atoms with Crippen LogP contribution in [0.3, 0.4) is 0 Å². The van der Waals surface area contributed by atoms with Crippen LogP contribution in [0.5, 0.6) is 0 Å². The number of imide groups is 1. The second kappa shape index (κ2) is 8.25. The number of hydrogen-bond donors (Lipinski definition) is 2. The summed E-state index contributed by atoms with van der Waals surface area (Å²) in [5.74, 6) is -0.856. The lowest BCUT2D eigenvalue weighted by molar-refractivity contribution is -0.135. The van der Waals surface area contributed by atoms with Gasteiger partial charge in [0.1, 0.15) is 12.1 Å². The Morgan fingerprint density at radius 2 is 1.90 bits per heavy atom. The van der Waals surface area contributed by atoms with Crippen molar-refractivity contribution in [1.29, 1.82) is 0 Å². The number of halogens is 1. The molecule has 2 aromatic rings. The summed E-state index contributed by atoms with van der Waals surface area (Å²) < 4.78 is 0. The molecular formula is C22H24ClN3O3. The molecule has 0 aromatic heterocycles. The van der Waals surface area contributed by atoms with Crippen LogP contribution in [-0.4, -0.2) is 29.3 Å². The van der Waals surface area contributed by atoms with Gasteiger partial charge in [0.05, 0.1) is 6.04 Å². The molecule has 1 fully saturated rings. The highest BCUT2D eigenvalue weighted by Gasteiger charge is 2.49. The molecule has 2 unspecified atom stereocenters. The molecule has 7 heteroatoms. The molecule has 0 radical (unpaired) electrons. The van der Waals surface area contributed by atoms with Crippen molar-refractivity contribution >= 4 is 29.4 Å². The molecule has 1 heterocycles. The fourth-order valence-electron chi connectivity index (χ4n) is 3.45. The van der Waals surface area contributed by atoms with Crippen molar-refractivity contribution in [3.8, 4) is 0 Å². The van der Waals surface area contributed by atoms with Gasteiger partial charge in [0.15, 0.2) is 0 Å². The number of benzene rings is 2. The van der Waals surface area contributed by atoms with Crippen molar-refractivity contribution in [2.45, 2.75) is 38.8 Å². The number of carbonyl (C=O) groups excluding carboxylic acids is 3. The number of hydrogen-bond acceptors (Lipinski definition) is 3. The number of amides is 4. The molecule has 2 atom stereocenters. The average molecular weight is 414 g/mol. The molecule has 0 spiro atoms. The highest BCUT2D eigenvalue weighted by molar-refractivity contribution is 6.30. The van der Waals surface area contributed by atoms with Gasteiger partial charge >= 0.3 is 6.03 Å². The molecule has 29 heavy (non-hydrogen) atoms. The minimum absolute atomic E-state index is 0.259. The van der Waals surface area contributed by atoms with Crippen LogP contribution in [0.1, 0.15) is 43.0 Å². The molecule has 1 aliphatic rings. The zero-order chi connectivity index (χ0) is 21.2. The van der Waals surface area contributed by atoms with Crippen molar-refractivity contribution < 1.29 is 14.4 Å². The maximum atomic E-state index is 13.0. The SMILES string of the molecule is CCC(NC(=O)CN1C(=O)NC(C)(c2ccc(C)cc2)C1=O)c1cccc(Cl)c1. The lowest BCUT2D eigenvalue weighted by atomic mass is 9.91. The first-order valence-corrected chi connectivity index (χ1v) is 9.88. The topological polar surface area (TPSA) is 78.5 Å². The van der Waals surface area contributed by atoms with Gasteiger partial charge in [-0.25, -0.2) is 4.79 Å². The van der Waals surface area contributed by atoms with Crippen LogP contribution in [0.4, 0.5) is 4.79 Å². The van der Waals surface area contributed by atoms with E-state index in [4.69, 9.17) is 11.6 Å². The van der Waals surface area contributed by atoms with Gasteiger partial charge < -0.3 is 10.6 Å². The molecule has 2 N–H and O–H groups in total. The quantitative estimate of drug-likeness (QED) is 0.709. The molecule has 1 saturated heterocycles. The van der Waals surface area contributed by atoms with Gasteiger partial charge in [-0.05, 0) is 43.5 Å². The molecule has 1 aliphatic heterocycles. The van der Waals surface area contributed by atoms with E-state index in [0.29, 0.717) is 17.0 Å². The van der Waals surface area contributed by atoms with Gasteiger partial charge in [-0.1, -0.05) is 60.5 Å². The number of nitrogens with zero attached hydrogens (tertiary/aromatic N) is 1. The van der Waals surface area contributed by atoms with Crippen molar-refractivity contribution in [2.75, 3.05) is 6.54 Å². The van der Waals surface area contributed by atoms with Gasteiger partial charge in [0.25, 0.3) is 5.91 Å². The second-order valence-corrected chi connectivity index (χ2v) is 7.83. The Morgan fingerprint density at radius 3 is 2.52 bits per heavy atom. The number of urea groups is 1. The summed E-state index contributed by atoms with van der Waals surface area (Å²) in [6.45, 7) is 5.19. The van der Waals surface area contributed by atoms with Gasteiger partial charge in [-0.15, -0.1) is 0 Å². The van der Waals surface area contributed by atoms with Crippen molar-refractivity contribution in [3.05, 3.63) is 70.2 Å². The standard InChI is InChI=1S/C22H24ClN3O3/c1-4-18(15-6-5-7-17(23)12-15)24-19(27)13-26-20(28)22(3,25-21(26)29)16-10-8-14(2)9-11-16/h5-12,18H,4,13H2,1-3H3,(H,24,27)(H,25,29). The summed E-state index contributed by atoms with van der Waals surface area (Å²) in [5.41, 5.74) is 1.41. The lowest BCUT2D eigenvalue weighted by Gasteiger charge is -2.23. The Balaban J connectivity index is 1.72. The highest BCUT2D eigenvalue weighted by atomic mass is 35.5. The number of nitrogens with one attached hydrogen (secondary N) is 2. The van der Waals surface area contributed by atoms with E-state index in [0.717, 1.165) is 16.0 Å². The molecule has 0 bridgehead atoms. The molecule has 152 valence electrons. The lowest BCUT2D eigenvalue weighted by Crippen LogP contribution is -2.43. The monoisotopic (exact) mass is 413 g/mol. The Hall–Kier alpha value is -2.86. The Kier molecular flexibility index (Phi) is 5.94. The highest BCUT2D eigenvalue weighted by Crippen LogP contribution is 2.29. The minimum Gasteiger partial charge on any atom is -0.348 e. The molecule has 2 aromatic carbocycles. The van der Waals surface area contributed by atoms with Gasteiger partial charge in [0.2, 0.25) is 5.91 Å².